The number of nitrogens with zero attached hydrogens (tertiary/aromatic N) is 2. The molecule has 1 fully saturated rings. The molecule has 1 aliphatic rings. The van der Waals surface area contributed by atoms with E-state index in [0.717, 1.165) is 5.56 Å². The van der Waals surface area contributed by atoms with Crippen molar-refractivity contribution in [3.63, 3.8) is 0 Å². The van der Waals surface area contributed by atoms with Gasteiger partial charge in [-0.3, -0.25) is 19.4 Å². The molecule has 118 valence electrons. The van der Waals surface area contributed by atoms with Crippen LogP contribution in [-0.4, -0.2) is 45.8 Å². The molecule has 2 aromatic heterocycles. The Morgan fingerprint density at radius 1 is 1.22 bits per heavy atom. The van der Waals surface area contributed by atoms with Gasteiger partial charge in [0.05, 0.1) is 0 Å². The van der Waals surface area contributed by atoms with Crippen molar-refractivity contribution in [2.75, 3.05) is 13.1 Å². The van der Waals surface area contributed by atoms with Crippen LogP contribution in [0.5, 0.6) is 0 Å². The maximum Gasteiger partial charge on any atom is 0.261 e. The van der Waals surface area contributed by atoms with E-state index >= 15 is 0 Å². The average molecular weight is 312 g/mol. The van der Waals surface area contributed by atoms with Crippen LogP contribution < -0.4 is 10.9 Å². The van der Waals surface area contributed by atoms with Gasteiger partial charge >= 0.3 is 0 Å². The van der Waals surface area contributed by atoms with E-state index in [1.807, 2.05) is 0 Å². The van der Waals surface area contributed by atoms with E-state index in [-0.39, 0.29) is 11.5 Å². The molecule has 0 saturated carbocycles. The Morgan fingerprint density at radius 2 is 1.96 bits per heavy atom. The number of carbonyl (C=O) groups excluding carboxylic acids is 2. The van der Waals surface area contributed by atoms with Crippen molar-refractivity contribution in [1.82, 2.24) is 20.2 Å². The summed E-state index contributed by atoms with van der Waals surface area (Å²) in [6, 6.07) is 6.12. The zero-order valence-corrected chi connectivity index (χ0v) is 12.6. The van der Waals surface area contributed by atoms with Crippen LogP contribution in [0.2, 0.25) is 0 Å². The van der Waals surface area contributed by atoms with Gasteiger partial charge in [0, 0.05) is 36.7 Å². The van der Waals surface area contributed by atoms with Gasteiger partial charge in [-0.2, -0.15) is 0 Å². The molecule has 0 spiro atoms. The number of carbonyl (C=O) groups is 2. The fraction of sp³-hybridized carbons (Fsp3) is 0.250. The van der Waals surface area contributed by atoms with Crippen molar-refractivity contribution >= 4 is 11.8 Å². The fourth-order valence-corrected chi connectivity index (χ4v) is 2.56. The summed E-state index contributed by atoms with van der Waals surface area (Å²) in [6.07, 6.45) is 3.25. The van der Waals surface area contributed by atoms with E-state index in [2.05, 4.69) is 15.3 Å². The van der Waals surface area contributed by atoms with Crippen LogP contribution in [0.15, 0.2) is 41.5 Å². The number of aromatic nitrogens is 2. The minimum atomic E-state index is -0.587. The molecular weight excluding hydrogens is 296 g/mol. The topological polar surface area (TPSA) is 95.2 Å². The predicted molar refractivity (Wildman–Crippen MR) is 83.8 cm³/mol. The number of hydrogen-bond donors (Lipinski definition) is 2. The number of aromatic amines is 1. The normalized spacial score (nSPS) is 17.7. The van der Waals surface area contributed by atoms with E-state index < -0.39 is 17.5 Å². The molecule has 1 saturated heterocycles. The second-order valence-electron chi connectivity index (χ2n) is 5.32. The number of rotatable bonds is 2. The van der Waals surface area contributed by atoms with Crippen LogP contribution in [0, 0.1) is 0 Å². The SMILES string of the molecule is CC1C(=O)NCCN1C(=O)c1ccc(-c2ccncc2)[nH]c1=O. The number of pyridine rings is 2. The van der Waals surface area contributed by atoms with Crippen LogP contribution in [0.4, 0.5) is 0 Å². The average Bonchev–Trinajstić information content (AvgIpc) is 2.57. The number of nitrogens with one attached hydrogen (secondary N) is 2. The molecule has 3 rings (SSSR count). The maximum atomic E-state index is 12.5. The highest BCUT2D eigenvalue weighted by Crippen LogP contribution is 2.15. The summed E-state index contributed by atoms with van der Waals surface area (Å²) in [5, 5.41) is 2.69. The fourth-order valence-electron chi connectivity index (χ4n) is 2.56. The summed E-state index contributed by atoms with van der Waals surface area (Å²) in [4.78, 5) is 44.5. The lowest BCUT2D eigenvalue weighted by molar-refractivity contribution is -0.127. The van der Waals surface area contributed by atoms with E-state index in [9.17, 15) is 14.4 Å². The molecule has 0 bridgehead atoms. The summed E-state index contributed by atoms with van der Waals surface area (Å²) in [5.41, 5.74) is 0.979. The molecule has 2 amide bonds. The van der Waals surface area contributed by atoms with Gasteiger partial charge in [-0.25, -0.2) is 0 Å². The quantitative estimate of drug-likeness (QED) is 0.839. The first-order valence-electron chi connectivity index (χ1n) is 7.30. The van der Waals surface area contributed by atoms with Crippen molar-refractivity contribution in [2.24, 2.45) is 0 Å². The molecule has 1 atom stereocenters. The van der Waals surface area contributed by atoms with Crippen LogP contribution in [0.3, 0.4) is 0 Å². The largest absolute Gasteiger partial charge is 0.353 e. The van der Waals surface area contributed by atoms with Gasteiger partial charge in [0.1, 0.15) is 11.6 Å². The number of hydrogen-bond acceptors (Lipinski definition) is 4. The Morgan fingerprint density at radius 3 is 2.65 bits per heavy atom. The summed E-state index contributed by atoms with van der Waals surface area (Å²) in [5.74, 6) is -0.649. The van der Waals surface area contributed by atoms with Crippen LogP contribution in [0.1, 0.15) is 17.3 Å². The Hall–Kier alpha value is -2.96. The van der Waals surface area contributed by atoms with Crippen molar-refractivity contribution < 1.29 is 9.59 Å². The number of H-pyrrole nitrogens is 1. The zero-order valence-electron chi connectivity index (χ0n) is 12.6. The third kappa shape index (κ3) is 2.85. The molecular formula is C16H16N4O3. The maximum absolute atomic E-state index is 12.5. The van der Waals surface area contributed by atoms with E-state index in [1.54, 1.807) is 37.5 Å². The van der Waals surface area contributed by atoms with Gasteiger partial charge in [-0.1, -0.05) is 0 Å². The molecule has 1 aliphatic heterocycles. The Balaban J connectivity index is 1.90. The summed E-state index contributed by atoms with van der Waals surface area (Å²) in [7, 11) is 0. The standard InChI is InChI=1S/C16H16N4O3/c1-10-14(21)18-8-9-20(10)16(23)12-2-3-13(19-15(12)22)11-4-6-17-7-5-11/h2-7,10H,8-9H2,1H3,(H,18,21)(H,19,22). The third-order valence-corrected chi connectivity index (χ3v) is 3.89. The lowest BCUT2D eigenvalue weighted by Crippen LogP contribution is -2.56. The minimum absolute atomic E-state index is 0.0318. The van der Waals surface area contributed by atoms with Crippen molar-refractivity contribution in [2.45, 2.75) is 13.0 Å². The second kappa shape index (κ2) is 6.04. The predicted octanol–water partition coefficient (Wildman–Crippen LogP) is 0.397. The molecule has 23 heavy (non-hydrogen) atoms. The van der Waals surface area contributed by atoms with E-state index in [1.165, 1.54) is 11.0 Å². The first-order chi connectivity index (χ1) is 11.1. The van der Waals surface area contributed by atoms with Gasteiger partial charge in [-0.15, -0.1) is 0 Å². The molecule has 2 aromatic rings. The monoisotopic (exact) mass is 312 g/mol. The first-order valence-corrected chi connectivity index (χ1v) is 7.30. The first kappa shape index (κ1) is 15.0. The highest BCUT2D eigenvalue weighted by molar-refractivity contribution is 5.98. The molecule has 7 heteroatoms. The summed E-state index contributed by atoms with van der Waals surface area (Å²) < 4.78 is 0. The van der Waals surface area contributed by atoms with E-state index in [4.69, 9.17) is 0 Å². The summed E-state index contributed by atoms with van der Waals surface area (Å²) >= 11 is 0. The molecule has 2 N–H and O–H groups in total. The Labute approximate surface area is 132 Å². The third-order valence-electron chi connectivity index (χ3n) is 3.89. The highest BCUT2D eigenvalue weighted by atomic mass is 16.2. The lowest BCUT2D eigenvalue weighted by Gasteiger charge is -2.32. The van der Waals surface area contributed by atoms with Crippen LogP contribution in [0.25, 0.3) is 11.3 Å². The van der Waals surface area contributed by atoms with Gasteiger partial charge < -0.3 is 15.2 Å². The van der Waals surface area contributed by atoms with Gasteiger partial charge in [-0.05, 0) is 31.2 Å². The van der Waals surface area contributed by atoms with Gasteiger partial charge in [0.2, 0.25) is 5.91 Å². The Kier molecular flexibility index (Phi) is 3.92. The van der Waals surface area contributed by atoms with Crippen molar-refractivity contribution in [3.8, 4) is 11.3 Å². The molecule has 7 nitrogen and oxygen atoms in total. The summed E-state index contributed by atoms with van der Waals surface area (Å²) in [6.45, 7) is 2.42. The minimum Gasteiger partial charge on any atom is -0.353 e. The highest BCUT2D eigenvalue weighted by Gasteiger charge is 2.30. The molecule has 1 unspecified atom stereocenters. The molecule has 0 radical (unpaired) electrons. The van der Waals surface area contributed by atoms with E-state index in [0.29, 0.717) is 18.8 Å². The molecule has 0 aliphatic carbocycles. The van der Waals surface area contributed by atoms with Gasteiger partial charge in [0.25, 0.3) is 11.5 Å². The molecule has 0 aromatic carbocycles. The Bertz CT molecular complexity index is 800. The van der Waals surface area contributed by atoms with Crippen LogP contribution in [-0.2, 0) is 4.79 Å². The smallest absolute Gasteiger partial charge is 0.261 e. The second-order valence-corrected chi connectivity index (χ2v) is 5.32. The van der Waals surface area contributed by atoms with Crippen molar-refractivity contribution in [1.29, 1.82) is 0 Å². The van der Waals surface area contributed by atoms with Crippen LogP contribution >= 0.6 is 0 Å². The molecule has 3 heterocycles. The van der Waals surface area contributed by atoms with Gasteiger partial charge in [0.15, 0.2) is 0 Å². The van der Waals surface area contributed by atoms with Crippen molar-refractivity contribution in [3.05, 3.63) is 52.6 Å². The zero-order chi connectivity index (χ0) is 16.4. The number of piperazine rings is 1. The number of amides is 2. The lowest BCUT2D eigenvalue weighted by atomic mass is 10.1.